The average Bonchev–Trinajstić information content (AvgIpc) is 3.38. The van der Waals surface area contributed by atoms with Crippen molar-refractivity contribution in [3.63, 3.8) is 0 Å². The Kier molecular flexibility index (Phi) is 7.97. The number of benzene rings is 1. The normalized spacial score (nSPS) is 19.2. The van der Waals surface area contributed by atoms with Gasteiger partial charge in [0, 0.05) is 48.8 Å². The van der Waals surface area contributed by atoms with Gasteiger partial charge in [0.1, 0.15) is 5.82 Å². The third-order valence-electron chi connectivity index (χ3n) is 6.71. The maximum atomic E-state index is 13.3. The molecule has 0 bridgehead atoms. The molecule has 10 heteroatoms. The zero-order valence-corrected chi connectivity index (χ0v) is 22.5. The first-order valence-electron chi connectivity index (χ1n) is 13.1. The first-order chi connectivity index (χ1) is 18.4. The number of anilines is 3. The van der Waals surface area contributed by atoms with E-state index in [0.29, 0.717) is 17.0 Å². The Balaban J connectivity index is 1.20. The predicted molar refractivity (Wildman–Crippen MR) is 154 cm³/mol. The summed E-state index contributed by atoms with van der Waals surface area (Å²) in [6.07, 6.45) is 9.29. The van der Waals surface area contributed by atoms with E-state index >= 15 is 0 Å². The van der Waals surface area contributed by atoms with Crippen LogP contribution in [0.1, 0.15) is 56.3 Å². The van der Waals surface area contributed by atoms with Gasteiger partial charge in [-0.3, -0.25) is 14.6 Å². The van der Waals surface area contributed by atoms with Crippen LogP contribution in [0.25, 0.3) is 10.2 Å². The summed E-state index contributed by atoms with van der Waals surface area (Å²) >= 11 is 1.59. The minimum Gasteiger partial charge on any atom is -0.382 e. The number of pyridine rings is 1. The molecule has 2 aromatic heterocycles. The van der Waals surface area contributed by atoms with Gasteiger partial charge in [-0.05, 0) is 64.2 Å². The maximum absolute atomic E-state index is 13.3. The molecule has 4 N–H and O–H groups in total. The number of hydrogen-bond donors (Lipinski definition) is 4. The third-order valence-corrected chi connectivity index (χ3v) is 7.50. The molecule has 38 heavy (non-hydrogen) atoms. The van der Waals surface area contributed by atoms with Crippen molar-refractivity contribution in [2.75, 3.05) is 17.2 Å². The lowest BCUT2D eigenvalue weighted by Crippen LogP contribution is -2.44. The molecule has 1 aromatic carbocycles. The van der Waals surface area contributed by atoms with Gasteiger partial charge in [0.2, 0.25) is 0 Å². The summed E-state index contributed by atoms with van der Waals surface area (Å²) in [4.78, 5) is 38.8. The number of nitrogens with zero attached hydrogens (tertiary/aromatic N) is 3. The second-order valence-corrected chi connectivity index (χ2v) is 10.9. The van der Waals surface area contributed by atoms with Crippen LogP contribution < -0.4 is 21.3 Å². The van der Waals surface area contributed by atoms with Gasteiger partial charge < -0.3 is 21.3 Å². The topological polar surface area (TPSA) is 120 Å². The first-order valence-corrected chi connectivity index (χ1v) is 14.0. The number of fused-ring (bicyclic) bond motifs is 1. The van der Waals surface area contributed by atoms with E-state index in [4.69, 9.17) is 0 Å². The van der Waals surface area contributed by atoms with E-state index in [0.717, 1.165) is 60.2 Å². The zero-order valence-electron chi connectivity index (χ0n) is 21.7. The van der Waals surface area contributed by atoms with Gasteiger partial charge in [-0.25, -0.2) is 9.97 Å². The molecular formula is C28H33N7O2S. The quantitative estimate of drug-likeness (QED) is 0.331. The Morgan fingerprint density at radius 3 is 2.47 bits per heavy atom. The Morgan fingerprint density at radius 2 is 1.76 bits per heavy atom. The molecule has 2 aliphatic rings. The van der Waals surface area contributed by atoms with Crippen LogP contribution in [-0.4, -0.2) is 52.7 Å². The number of amides is 2. The molecule has 1 saturated carbocycles. The van der Waals surface area contributed by atoms with Gasteiger partial charge in [-0.2, -0.15) is 0 Å². The van der Waals surface area contributed by atoms with Crippen LogP contribution in [0.2, 0.25) is 0 Å². The minimum atomic E-state index is -0.144. The number of thiazole rings is 1. The number of aromatic nitrogens is 2. The Hall–Kier alpha value is -3.79. The van der Waals surface area contributed by atoms with Gasteiger partial charge in [0.25, 0.3) is 11.8 Å². The van der Waals surface area contributed by atoms with Crippen LogP contribution in [-0.2, 0) is 4.79 Å². The largest absolute Gasteiger partial charge is 0.382 e. The van der Waals surface area contributed by atoms with E-state index in [2.05, 4.69) is 36.2 Å². The van der Waals surface area contributed by atoms with E-state index in [1.165, 1.54) is 0 Å². The number of carbonyl (C=O) groups excluding carboxylic acids is 2. The van der Waals surface area contributed by atoms with Gasteiger partial charge in [0.05, 0.1) is 32.6 Å². The average molecular weight is 532 g/mol. The van der Waals surface area contributed by atoms with Crippen LogP contribution in [0.15, 0.2) is 52.6 Å². The van der Waals surface area contributed by atoms with Crippen molar-refractivity contribution in [2.45, 2.75) is 64.1 Å². The number of nitrogens with one attached hydrogen (secondary N) is 4. The lowest BCUT2D eigenvalue weighted by Gasteiger charge is -2.30. The van der Waals surface area contributed by atoms with Gasteiger partial charge in [-0.15, -0.1) is 11.3 Å². The predicted octanol–water partition coefficient (Wildman–Crippen LogP) is 4.81. The van der Waals surface area contributed by atoms with Crippen molar-refractivity contribution in [1.82, 2.24) is 20.6 Å². The van der Waals surface area contributed by atoms with Crippen molar-refractivity contribution in [3.8, 4) is 0 Å². The van der Waals surface area contributed by atoms with Crippen LogP contribution in [0.4, 0.5) is 17.2 Å². The lowest BCUT2D eigenvalue weighted by molar-refractivity contribution is -0.117. The molecule has 2 amide bonds. The fourth-order valence-corrected chi connectivity index (χ4v) is 5.51. The molecular weight excluding hydrogens is 498 g/mol. The number of dihydropyridines is 1. The van der Waals surface area contributed by atoms with E-state index in [-0.39, 0.29) is 29.9 Å². The Morgan fingerprint density at radius 1 is 1.00 bits per heavy atom. The molecule has 1 aliphatic carbocycles. The highest BCUT2D eigenvalue weighted by Crippen LogP contribution is 2.27. The number of carbonyl (C=O) groups is 2. The lowest BCUT2D eigenvalue weighted by atomic mass is 9.90. The summed E-state index contributed by atoms with van der Waals surface area (Å²) in [6.45, 7) is 4.82. The summed E-state index contributed by atoms with van der Waals surface area (Å²) < 4.78 is 1.10. The van der Waals surface area contributed by atoms with E-state index in [1.807, 2.05) is 49.7 Å². The highest BCUT2D eigenvalue weighted by atomic mass is 32.1. The summed E-state index contributed by atoms with van der Waals surface area (Å²) in [7, 11) is 0. The smallest absolute Gasteiger partial charge is 0.255 e. The highest BCUT2D eigenvalue weighted by molar-refractivity contribution is 7.16. The number of rotatable bonds is 8. The molecule has 1 aliphatic heterocycles. The highest BCUT2D eigenvalue weighted by Gasteiger charge is 2.25. The summed E-state index contributed by atoms with van der Waals surface area (Å²) in [5, 5.41) is 13.0. The van der Waals surface area contributed by atoms with Gasteiger partial charge in [-0.1, -0.05) is 6.08 Å². The number of aliphatic imine (C=N–C) groups is 1. The molecule has 0 unspecified atom stereocenters. The van der Waals surface area contributed by atoms with Crippen LogP contribution in [0, 0.1) is 0 Å². The fourth-order valence-electron chi connectivity index (χ4n) is 4.79. The summed E-state index contributed by atoms with van der Waals surface area (Å²) in [6, 6.07) is 8.19. The zero-order chi connectivity index (χ0) is 26.5. The van der Waals surface area contributed by atoms with E-state index in [1.54, 1.807) is 23.7 Å². The fraction of sp³-hybridized carbons (Fsp3) is 0.393. The molecule has 5 rings (SSSR count). The van der Waals surface area contributed by atoms with E-state index in [9.17, 15) is 9.59 Å². The van der Waals surface area contributed by atoms with Gasteiger partial charge in [0.15, 0.2) is 0 Å². The number of hydrogen-bond acceptors (Lipinski definition) is 8. The standard InChI is InChI=1S/C28H33N7O2S/c1-17(2)32-24-13-26(33-21-9-10-23-25(12-21)38-16-31-23)30-15-22(24)28(37)35-20-7-5-19(6-8-20)34-27(36)18-4-3-11-29-14-18/h4,9-10,12-17,19-20H,3,5-8,11H2,1-2H3,(H,34,36)(H,35,37)(H2,30,32,33). The van der Waals surface area contributed by atoms with Crippen molar-refractivity contribution in [1.29, 1.82) is 0 Å². The second kappa shape index (κ2) is 11.7. The summed E-state index contributed by atoms with van der Waals surface area (Å²) in [5.41, 5.74) is 5.61. The van der Waals surface area contributed by atoms with Crippen molar-refractivity contribution in [2.24, 2.45) is 4.99 Å². The Bertz CT molecular complexity index is 1370. The SMILES string of the molecule is CC(C)Nc1cc(Nc2ccc3ncsc3c2)ncc1C(=O)NC1CCC(NC(=O)C2=CCCN=C2)CC1. The Labute approximate surface area is 226 Å². The van der Waals surface area contributed by atoms with Crippen molar-refractivity contribution in [3.05, 3.63) is 53.2 Å². The molecule has 9 nitrogen and oxygen atoms in total. The molecule has 3 aromatic rings. The van der Waals surface area contributed by atoms with Crippen LogP contribution in [0.5, 0.6) is 0 Å². The summed E-state index contributed by atoms with van der Waals surface area (Å²) in [5.74, 6) is 0.453. The molecule has 3 heterocycles. The van der Waals surface area contributed by atoms with Crippen LogP contribution >= 0.6 is 11.3 Å². The molecule has 0 saturated heterocycles. The molecule has 0 atom stereocenters. The monoisotopic (exact) mass is 531 g/mol. The van der Waals surface area contributed by atoms with Crippen molar-refractivity contribution < 1.29 is 9.59 Å². The first kappa shape index (κ1) is 25.8. The second-order valence-electron chi connectivity index (χ2n) is 10.1. The molecule has 0 radical (unpaired) electrons. The third kappa shape index (κ3) is 6.36. The van der Waals surface area contributed by atoms with E-state index < -0.39 is 0 Å². The molecule has 0 spiro atoms. The van der Waals surface area contributed by atoms with Crippen LogP contribution in [0.3, 0.4) is 0 Å². The maximum Gasteiger partial charge on any atom is 0.255 e. The van der Waals surface area contributed by atoms with Crippen molar-refractivity contribution >= 4 is 56.8 Å². The minimum absolute atomic E-state index is 0.0574. The van der Waals surface area contributed by atoms with Gasteiger partial charge >= 0.3 is 0 Å². The molecule has 1 fully saturated rings. The molecule has 198 valence electrons.